The van der Waals surface area contributed by atoms with E-state index in [1.165, 1.54) is 12.1 Å². The summed E-state index contributed by atoms with van der Waals surface area (Å²) >= 11 is 0. The quantitative estimate of drug-likeness (QED) is 0.485. The third kappa shape index (κ3) is 4.80. The van der Waals surface area contributed by atoms with Crippen LogP contribution in [-0.2, 0) is 33.8 Å². The number of imide groups is 1. The average Bonchev–Trinajstić information content (AvgIpc) is 3.18. The highest BCUT2D eigenvalue weighted by atomic mass is 16.5. The van der Waals surface area contributed by atoms with E-state index < -0.39 is 12.0 Å². The third-order valence-electron chi connectivity index (χ3n) is 5.86. The van der Waals surface area contributed by atoms with Gasteiger partial charge >= 0.3 is 12.0 Å². The maximum Gasteiger partial charge on any atom is 0.338 e. The van der Waals surface area contributed by atoms with Crippen LogP contribution in [0.25, 0.3) is 0 Å². The predicted octanol–water partition coefficient (Wildman–Crippen LogP) is 1.50. The molecule has 0 aromatic heterocycles. The first-order chi connectivity index (χ1) is 16.4. The summed E-state index contributed by atoms with van der Waals surface area (Å²) in [5.41, 5.74) is 3.02. The van der Waals surface area contributed by atoms with Gasteiger partial charge < -0.3 is 24.4 Å². The lowest BCUT2D eigenvalue weighted by atomic mass is 9.99. The van der Waals surface area contributed by atoms with E-state index in [0.717, 1.165) is 16.0 Å². The second-order valence-electron chi connectivity index (χ2n) is 7.95. The molecular formula is C24H25N3O7. The highest BCUT2D eigenvalue weighted by Gasteiger charge is 2.28. The minimum atomic E-state index is -0.626. The number of fused-ring (bicyclic) bond motifs is 1. The van der Waals surface area contributed by atoms with Crippen molar-refractivity contribution in [2.24, 2.45) is 0 Å². The molecule has 2 aliphatic rings. The number of carbonyl (C=O) groups excluding carboxylic acids is 4. The van der Waals surface area contributed by atoms with Crippen LogP contribution in [0.1, 0.15) is 27.0 Å². The van der Waals surface area contributed by atoms with Gasteiger partial charge in [0.25, 0.3) is 5.91 Å². The van der Waals surface area contributed by atoms with Crippen molar-refractivity contribution in [1.29, 1.82) is 0 Å². The molecule has 4 rings (SSSR count). The van der Waals surface area contributed by atoms with E-state index in [4.69, 9.17) is 14.2 Å². The van der Waals surface area contributed by atoms with Gasteiger partial charge in [-0.15, -0.1) is 0 Å². The summed E-state index contributed by atoms with van der Waals surface area (Å²) in [7, 11) is 3.14. The van der Waals surface area contributed by atoms with E-state index >= 15 is 0 Å². The molecule has 0 radical (unpaired) electrons. The van der Waals surface area contributed by atoms with Gasteiger partial charge in [0.2, 0.25) is 5.91 Å². The molecule has 2 aromatic rings. The number of carbonyl (C=O) groups is 4. The van der Waals surface area contributed by atoms with Crippen LogP contribution in [0.4, 0.5) is 4.79 Å². The first-order valence-corrected chi connectivity index (χ1v) is 10.8. The molecular weight excluding hydrogens is 442 g/mol. The number of nitrogens with zero attached hydrogens (tertiary/aromatic N) is 2. The van der Waals surface area contributed by atoms with Crippen LogP contribution in [0.5, 0.6) is 11.5 Å². The zero-order valence-corrected chi connectivity index (χ0v) is 19.0. The summed E-state index contributed by atoms with van der Waals surface area (Å²) in [5, 5.41) is 2.46. The summed E-state index contributed by atoms with van der Waals surface area (Å²) in [6.07, 6.45) is 0.661. The van der Waals surface area contributed by atoms with Crippen LogP contribution < -0.4 is 14.8 Å². The van der Waals surface area contributed by atoms with Gasteiger partial charge in [0, 0.05) is 13.1 Å². The fourth-order valence-electron chi connectivity index (χ4n) is 3.94. The fraction of sp³-hybridized carbons (Fsp3) is 0.333. The van der Waals surface area contributed by atoms with Crippen LogP contribution in [0, 0.1) is 0 Å². The molecule has 1 saturated heterocycles. The topological polar surface area (TPSA) is 114 Å². The number of methoxy groups -OCH3 is 2. The molecule has 2 aromatic carbocycles. The summed E-state index contributed by atoms with van der Waals surface area (Å²) in [6, 6.07) is 9.70. The molecule has 2 aliphatic heterocycles. The number of urea groups is 1. The van der Waals surface area contributed by atoms with Gasteiger partial charge in [-0.05, 0) is 47.4 Å². The van der Waals surface area contributed by atoms with Crippen molar-refractivity contribution in [3.8, 4) is 11.5 Å². The van der Waals surface area contributed by atoms with Crippen LogP contribution in [0.15, 0.2) is 36.4 Å². The Morgan fingerprint density at radius 2 is 1.68 bits per heavy atom. The Morgan fingerprint density at radius 3 is 2.29 bits per heavy atom. The maximum absolute atomic E-state index is 12.6. The first-order valence-electron chi connectivity index (χ1n) is 10.8. The van der Waals surface area contributed by atoms with E-state index in [1.54, 1.807) is 31.3 Å². The van der Waals surface area contributed by atoms with Crippen LogP contribution in [0.2, 0.25) is 0 Å². The second kappa shape index (κ2) is 9.82. The molecule has 0 bridgehead atoms. The molecule has 2 heterocycles. The lowest BCUT2D eigenvalue weighted by Gasteiger charge is -2.29. The normalized spacial score (nSPS) is 15.0. The van der Waals surface area contributed by atoms with Crippen LogP contribution >= 0.6 is 0 Å². The van der Waals surface area contributed by atoms with E-state index in [1.807, 2.05) is 12.1 Å². The lowest BCUT2D eigenvalue weighted by molar-refractivity contribution is -0.135. The van der Waals surface area contributed by atoms with Crippen molar-refractivity contribution in [2.45, 2.75) is 19.5 Å². The summed E-state index contributed by atoms with van der Waals surface area (Å²) in [4.78, 5) is 51.1. The average molecular weight is 467 g/mol. The summed E-state index contributed by atoms with van der Waals surface area (Å²) in [5.74, 6) is 0.0315. The summed E-state index contributed by atoms with van der Waals surface area (Å²) < 4.78 is 15.9. The Balaban J connectivity index is 1.31. The Bertz CT molecular complexity index is 1110. The maximum atomic E-state index is 12.6. The zero-order chi connectivity index (χ0) is 24.2. The van der Waals surface area contributed by atoms with Gasteiger partial charge in [-0.2, -0.15) is 0 Å². The lowest BCUT2D eigenvalue weighted by Crippen LogP contribution is -2.38. The van der Waals surface area contributed by atoms with E-state index in [2.05, 4.69) is 5.32 Å². The summed E-state index contributed by atoms with van der Waals surface area (Å²) in [6.45, 7) is 0.638. The molecule has 1 N–H and O–H groups in total. The molecule has 0 saturated carbocycles. The van der Waals surface area contributed by atoms with Gasteiger partial charge in [-0.1, -0.05) is 12.1 Å². The van der Waals surface area contributed by atoms with Crippen molar-refractivity contribution >= 4 is 23.8 Å². The number of amides is 4. The van der Waals surface area contributed by atoms with Gasteiger partial charge in [0.05, 0.1) is 32.9 Å². The van der Waals surface area contributed by atoms with Crippen molar-refractivity contribution in [3.05, 3.63) is 58.7 Å². The van der Waals surface area contributed by atoms with E-state index in [0.29, 0.717) is 36.6 Å². The van der Waals surface area contributed by atoms with Crippen LogP contribution in [-0.4, -0.2) is 67.5 Å². The molecule has 10 nitrogen and oxygen atoms in total. The number of hydrogen-bond donors (Lipinski definition) is 1. The smallest absolute Gasteiger partial charge is 0.338 e. The van der Waals surface area contributed by atoms with E-state index in [9.17, 15) is 19.2 Å². The Morgan fingerprint density at radius 1 is 1.00 bits per heavy atom. The second-order valence-corrected chi connectivity index (χ2v) is 7.95. The molecule has 34 heavy (non-hydrogen) atoms. The van der Waals surface area contributed by atoms with Crippen molar-refractivity contribution < 1.29 is 33.4 Å². The number of rotatable bonds is 7. The van der Waals surface area contributed by atoms with Gasteiger partial charge in [0.15, 0.2) is 18.1 Å². The first kappa shape index (κ1) is 23.1. The van der Waals surface area contributed by atoms with Crippen molar-refractivity contribution in [2.75, 3.05) is 33.9 Å². The number of hydrogen-bond acceptors (Lipinski definition) is 7. The minimum Gasteiger partial charge on any atom is -0.493 e. The molecule has 10 heteroatoms. The van der Waals surface area contributed by atoms with Crippen LogP contribution in [0.3, 0.4) is 0 Å². The van der Waals surface area contributed by atoms with Gasteiger partial charge in [0.1, 0.15) is 0 Å². The van der Waals surface area contributed by atoms with E-state index in [-0.39, 0.29) is 37.1 Å². The molecule has 0 atom stereocenters. The number of ether oxygens (including phenoxy) is 3. The minimum absolute atomic E-state index is 0.0123. The zero-order valence-electron chi connectivity index (χ0n) is 19.0. The molecule has 4 amide bonds. The number of benzene rings is 2. The third-order valence-corrected chi connectivity index (χ3v) is 5.86. The Kier molecular flexibility index (Phi) is 6.67. The Hall–Kier alpha value is -4.08. The number of esters is 1. The molecule has 0 spiro atoms. The van der Waals surface area contributed by atoms with Gasteiger partial charge in [-0.25, -0.2) is 9.59 Å². The highest BCUT2D eigenvalue weighted by molar-refractivity contribution is 6.01. The largest absolute Gasteiger partial charge is 0.493 e. The van der Waals surface area contributed by atoms with Crippen molar-refractivity contribution in [3.63, 3.8) is 0 Å². The highest BCUT2D eigenvalue weighted by Crippen LogP contribution is 2.33. The Labute approximate surface area is 196 Å². The van der Waals surface area contributed by atoms with Crippen molar-refractivity contribution in [1.82, 2.24) is 15.1 Å². The molecule has 1 fully saturated rings. The predicted molar refractivity (Wildman–Crippen MR) is 119 cm³/mol. The SMILES string of the molecule is COc1cc2c(cc1OC)CN(C(=O)COC(=O)c1ccc(CN3C(=O)CNC3=O)cc1)CC2. The monoisotopic (exact) mass is 467 g/mol. The molecule has 0 aliphatic carbocycles. The van der Waals surface area contributed by atoms with Gasteiger partial charge in [-0.3, -0.25) is 14.5 Å². The standard InChI is InChI=1S/C24H25N3O7/c1-32-19-9-17-7-8-26(13-18(17)10-20(19)33-2)22(29)14-34-23(30)16-5-3-15(4-6-16)12-27-21(28)11-25-24(27)31/h3-6,9-10H,7-8,11-14H2,1-2H3,(H,25,31). The fourth-order valence-corrected chi connectivity index (χ4v) is 3.94. The number of nitrogens with one attached hydrogen (secondary N) is 1. The molecule has 178 valence electrons. The molecule has 0 unspecified atom stereocenters.